The van der Waals surface area contributed by atoms with E-state index in [9.17, 15) is 14.4 Å². The van der Waals surface area contributed by atoms with Gasteiger partial charge in [-0.25, -0.2) is 9.69 Å². The third kappa shape index (κ3) is 2.52. The van der Waals surface area contributed by atoms with Gasteiger partial charge in [0.2, 0.25) is 0 Å². The zero-order valence-electron chi connectivity index (χ0n) is 13.7. The van der Waals surface area contributed by atoms with E-state index in [2.05, 4.69) is 5.32 Å². The lowest BCUT2D eigenvalue weighted by atomic mass is 10.0. The highest BCUT2D eigenvalue weighted by atomic mass is 16.2. The smallest absolute Gasteiger partial charge is 0.335 e. The summed E-state index contributed by atoms with van der Waals surface area (Å²) >= 11 is 0. The molecule has 1 saturated heterocycles. The van der Waals surface area contributed by atoms with Crippen molar-refractivity contribution in [3.05, 3.63) is 58.9 Å². The minimum absolute atomic E-state index is 0.0719. The molecule has 1 aromatic carbocycles. The zero-order valence-corrected chi connectivity index (χ0v) is 13.7. The van der Waals surface area contributed by atoms with Gasteiger partial charge in [0.15, 0.2) is 0 Å². The van der Waals surface area contributed by atoms with E-state index in [1.165, 1.54) is 6.08 Å². The number of hydrogen-bond acceptors (Lipinski definition) is 3. The van der Waals surface area contributed by atoms with Crippen LogP contribution in [0.5, 0.6) is 0 Å². The normalized spacial score (nSPS) is 16.7. The van der Waals surface area contributed by atoms with Crippen LogP contribution in [0.4, 0.5) is 10.5 Å². The highest BCUT2D eigenvalue weighted by Crippen LogP contribution is 2.26. The Labute approximate surface area is 139 Å². The minimum atomic E-state index is -0.734. The lowest BCUT2D eigenvalue weighted by Crippen LogP contribution is -2.54. The van der Waals surface area contributed by atoms with Crippen molar-refractivity contribution in [2.75, 3.05) is 4.90 Å². The van der Waals surface area contributed by atoms with Gasteiger partial charge in [0.05, 0.1) is 5.69 Å². The van der Waals surface area contributed by atoms with E-state index in [1.807, 2.05) is 39.2 Å². The number of barbiturate groups is 1. The first kappa shape index (κ1) is 15.7. The maximum absolute atomic E-state index is 12.8. The van der Waals surface area contributed by atoms with Gasteiger partial charge in [0.25, 0.3) is 11.8 Å². The first-order valence-electron chi connectivity index (χ1n) is 7.49. The number of carbonyl (C=O) groups is 3. The molecule has 2 aromatic rings. The zero-order chi connectivity index (χ0) is 17.4. The van der Waals surface area contributed by atoms with Crippen molar-refractivity contribution in [3.63, 3.8) is 0 Å². The number of carbonyl (C=O) groups excluding carboxylic acids is 3. The SMILES string of the molecule is Cc1cccc(N2C(=O)NC(=O)/C(=C\c3cccn3C)C2=O)c1C. The van der Waals surface area contributed by atoms with E-state index in [4.69, 9.17) is 0 Å². The molecule has 1 aliphatic rings. The second kappa shape index (κ2) is 5.81. The van der Waals surface area contributed by atoms with Crippen molar-refractivity contribution in [1.82, 2.24) is 9.88 Å². The Morgan fingerprint density at radius 3 is 2.46 bits per heavy atom. The van der Waals surface area contributed by atoms with Crippen molar-refractivity contribution >= 4 is 29.6 Å². The summed E-state index contributed by atoms with van der Waals surface area (Å²) in [5, 5.41) is 2.24. The Morgan fingerprint density at radius 2 is 1.79 bits per heavy atom. The van der Waals surface area contributed by atoms with Gasteiger partial charge in [0, 0.05) is 18.9 Å². The molecule has 0 bridgehead atoms. The summed E-state index contributed by atoms with van der Waals surface area (Å²) in [5.41, 5.74) is 2.87. The monoisotopic (exact) mass is 323 g/mol. The van der Waals surface area contributed by atoms with Gasteiger partial charge in [-0.3, -0.25) is 14.9 Å². The maximum atomic E-state index is 12.8. The van der Waals surface area contributed by atoms with Gasteiger partial charge in [-0.15, -0.1) is 0 Å². The van der Waals surface area contributed by atoms with Crippen LogP contribution >= 0.6 is 0 Å². The summed E-state index contributed by atoms with van der Waals surface area (Å²) < 4.78 is 1.78. The van der Waals surface area contributed by atoms with Crippen LogP contribution in [0.1, 0.15) is 16.8 Å². The fourth-order valence-electron chi connectivity index (χ4n) is 2.63. The summed E-state index contributed by atoms with van der Waals surface area (Å²) in [4.78, 5) is 38.2. The highest BCUT2D eigenvalue weighted by Gasteiger charge is 2.37. The average molecular weight is 323 g/mol. The molecule has 0 unspecified atom stereocenters. The van der Waals surface area contributed by atoms with Gasteiger partial charge in [-0.1, -0.05) is 12.1 Å². The number of nitrogens with zero attached hydrogens (tertiary/aromatic N) is 2. The summed E-state index contributed by atoms with van der Waals surface area (Å²) in [6.45, 7) is 3.74. The largest absolute Gasteiger partial charge is 0.351 e. The van der Waals surface area contributed by atoms with Gasteiger partial charge >= 0.3 is 6.03 Å². The number of anilines is 1. The quantitative estimate of drug-likeness (QED) is 0.681. The molecule has 6 nitrogen and oxygen atoms in total. The minimum Gasteiger partial charge on any atom is -0.351 e. The molecule has 122 valence electrons. The summed E-state index contributed by atoms with van der Waals surface area (Å²) in [5.74, 6) is -1.31. The number of imide groups is 2. The van der Waals surface area contributed by atoms with Crippen LogP contribution < -0.4 is 10.2 Å². The van der Waals surface area contributed by atoms with E-state index in [1.54, 1.807) is 22.8 Å². The number of nitrogens with one attached hydrogen (secondary N) is 1. The predicted octanol–water partition coefficient (Wildman–Crippen LogP) is 2.31. The third-order valence-electron chi connectivity index (χ3n) is 4.19. The Bertz CT molecular complexity index is 893. The van der Waals surface area contributed by atoms with Crippen molar-refractivity contribution < 1.29 is 14.4 Å². The standard InChI is InChI=1S/C18H17N3O3/c1-11-6-4-8-15(12(11)2)21-17(23)14(16(22)19-18(21)24)10-13-7-5-9-20(13)3/h4-10H,1-3H3,(H,19,22,24)/b14-10+. The number of urea groups is 1. The van der Waals surface area contributed by atoms with Gasteiger partial charge in [-0.2, -0.15) is 0 Å². The highest BCUT2D eigenvalue weighted by molar-refractivity contribution is 6.39. The van der Waals surface area contributed by atoms with Crippen LogP contribution in [-0.2, 0) is 16.6 Å². The van der Waals surface area contributed by atoms with Gasteiger partial charge < -0.3 is 4.57 Å². The Kier molecular flexibility index (Phi) is 3.81. The summed E-state index contributed by atoms with van der Waals surface area (Å²) in [7, 11) is 1.81. The average Bonchev–Trinajstić information content (AvgIpc) is 2.93. The molecular weight excluding hydrogens is 306 g/mol. The number of aromatic nitrogens is 1. The number of rotatable bonds is 2. The molecule has 6 heteroatoms. The number of hydrogen-bond donors (Lipinski definition) is 1. The molecule has 3 rings (SSSR count). The first-order valence-corrected chi connectivity index (χ1v) is 7.49. The summed E-state index contributed by atoms with van der Waals surface area (Å²) in [6, 6.07) is 8.22. The fourth-order valence-corrected chi connectivity index (χ4v) is 2.63. The van der Waals surface area contributed by atoms with E-state index < -0.39 is 17.8 Å². The number of amides is 4. The lowest BCUT2D eigenvalue weighted by molar-refractivity contribution is -0.122. The van der Waals surface area contributed by atoms with Crippen molar-refractivity contribution in [3.8, 4) is 0 Å². The maximum Gasteiger partial charge on any atom is 0.335 e. The molecule has 1 aromatic heterocycles. The predicted molar refractivity (Wildman–Crippen MR) is 90.3 cm³/mol. The van der Waals surface area contributed by atoms with E-state index in [-0.39, 0.29) is 5.57 Å². The fraction of sp³-hybridized carbons (Fsp3) is 0.167. The molecule has 4 amide bonds. The Balaban J connectivity index is 2.09. The van der Waals surface area contributed by atoms with Gasteiger partial charge in [0.1, 0.15) is 5.57 Å². The molecule has 1 aliphatic heterocycles. The van der Waals surface area contributed by atoms with Crippen LogP contribution in [0.25, 0.3) is 6.08 Å². The van der Waals surface area contributed by atoms with E-state index >= 15 is 0 Å². The lowest BCUT2D eigenvalue weighted by Gasteiger charge is -2.28. The molecule has 0 spiro atoms. The molecule has 2 heterocycles. The second-order valence-electron chi connectivity index (χ2n) is 5.72. The number of aryl methyl sites for hydroxylation is 2. The van der Waals surface area contributed by atoms with Crippen molar-refractivity contribution in [2.24, 2.45) is 7.05 Å². The second-order valence-corrected chi connectivity index (χ2v) is 5.72. The van der Waals surface area contributed by atoms with Crippen LogP contribution in [0.3, 0.4) is 0 Å². The van der Waals surface area contributed by atoms with Crippen LogP contribution in [-0.4, -0.2) is 22.4 Å². The molecule has 24 heavy (non-hydrogen) atoms. The van der Waals surface area contributed by atoms with E-state index in [0.29, 0.717) is 11.4 Å². The third-order valence-corrected chi connectivity index (χ3v) is 4.19. The van der Waals surface area contributed by atoms with E-state index in [0.717, 1.165) is 16.0 Å². The van der Waals surface area contributed by atoms with Crippen LogP contribution in [0.2, 0.25) is 0 Å². The first-order chi connectivity index (χ1) is 11.4. The summed E-state index contributed by atoms with van der Waals surface area (Å²) in [6.07, 6.45) is 3.30. The van der Waals surface area contributed by atoms with Crippen LogP contribution in [0, 0.1) is 13.8 Å². The van der Waals surface area contributed by atoms with Crippen molar-refractivity contribution in [1.29, 1.82) is 0 Å². The molecule has 0 atom stereocenters. The molecule has 1 N–H and O–H groups in total. The molecular formula is C18H17N3O3. The molecule has 0 saturated carbocycles. The van der Waals surface area contributed by atoms with Crippen molar-refractivity contribution in [2.45, 2.75) is 13.8 Å². The molecule has 0 aliphatic carbocycles. The Hall–Kier alpha value is -3.15. The topological polar surface area (TPSA) is 71.4 Å². The Morgan fingerprint density at radius 1 is 1.04 bits per heavy atom. The molecule has 0 radical (unpaired) electrons. The van der Waals surface area contributed by atoms with Gasteiger partial charge in [-0.05, 0) is 49.2 Å². The van der Waals surface area contributed by atoms with Crippen LogP contribution in [0.15, 0.2) is 42.1 Å². The molecule has 1 fully saturated rings. The number of benzene rings is 1.